The van der Waals surface area contributed by atoms with Crippen LogP contribution in [0.5, 0.6) is 0 Å². The van der Waals surface area contributed by atoms with E-state index in [-0.39, 0.29) is 12.6 Å². The number of nitrogens with zero attached hydrogens (tertiary/aromatic N) is 1. The first-order valence-corrected chi connectivity index (χ1v) is 5.73. The summed E-state index contributed by atoms with van der Waals surface area (Å²) in [5, 5.41) is 11.7. The van der Waals surface area contributed by atoms with Gasteiger partial charge in [0.1, 0.15) is 6.04 Å². The Kier molecular flexibility index (Phi) is 4.83. The molecule has 5 nitrogen and oxygen atoms in total. The molecule has 2 N–H and O–H groups in total. The van der Waals surface area contributed by atoms with E-state index < -0.39 is 12.0 Å². The van der Waals surface area contributed by atoms with Crippen LogP contribution in [0.3, 0.4) is 0 Å². The molecule has 0 aromatic heterocycles. The molecule has 0 spiro atoms. The van der Waals surface area contributed by atoms with Crippen molar-refractivity contribution in [2.75, 3.05) is 13.1 Å². The standard InChI is InChI=1S/C12H18N2O3/c1-3-4-6-13-12(17)14-7-5-9(2)8-10(14)11(15)16/h9-10H,5-8H2,1-2H3,(H,13,17)(H,15,16). The molecule has 0 saturated carbocycles. The van der Waals surface area contributed by atoms with Gasteiger partial charge in [0.2, 0.25) is 0 Å². The van der Waals surface area contributed by atoms with Gasteiger partial charge in [0, 0.05) is 6.54 Å². The second kappa shape index (κ2) is 6.14. The number of amides is 2. The van der Waals surface area contributed by atoms with Crippen molar-refractivity contribution in [3.8, 4) is 11.8 Å². The highest BCUT2D eigenvalue weighted by Gasteiger charge is 2.34. The average Bonchev–Trinajstić information content (AvgIpc) is 2.29. The van der Waals surface area contributed by atoms with Crippen molar-refractivity contribution in [2.45, 2.75) is 32.7 Å². The topological polar surface area (TPSA) is 69.6 Å². The van der Waals surface area contributed by atoms with Gasteiger partial charge < -0.3 is 15.3 Å². The Morgan fingerprint density at radius 1 is 1.53 bits per heavy atom. The predicted molar refractivity (Wildman–Crippen MR) is 63.4 cm³/mol. The Morgan fingerprint density at radius 3 is 2.82 bits per heavy atom. The first-order valence-electron chi connectivity index (χ1n) is 5.73. The lowest BCUT2D eigenvalue weighted by atomic mass is 9.93. The SMILES string of the molecule is CC#CCNC(=O)N1CCC(C)CC1C(=O)O. The van der Waals surface area contributed by atoms with Gasteiger partial charge in [0.05, 0.1) is 6.54 Å². The fourth-order valence-electron chi connectivity index (χ4n) is 1.93. The highest BCUT2D eigenvalue weighted by atomic mass is 16.4. The zero-order valence-corrected chi connectivity index (χ0v) is 10.2. The summed E-state index contributed by atoms with van der Waals surface area (Å²) < 4.78 is 0. The van der Waals surface area contributed by atoms with E-state index >= 15 is 0 Å². The molecule has 2 atom stereocenters. The lowest BCUT2D eigenvalue weighted by Crippen LogP contribution is -2.53. The maximum atomic E-state index is 11.8. The molecular formula is C12H18N2O3. The first kappa shape index (κ1) is 13.4. The van der Waals surface area contributed by atoms with Crippen LogP contribution in [-0.2, 0) is 4.79 Å². The molecule has 17 heavy (non-hydrogen) atoms. The molecular weight excluding hydrogens is 220 g/mol. The van der Waals surface area contributed by atoms with E-state index in [1.54, 1.807) is 6.92 Å². The van der Waals surface area contributed by atoms with Crippen LogP contribution in [-0.4, -0.2) is 41.1 Å². The maximum absolute atomic E-state index is 11.8. The second-order valence-corrected chi connectivity index (χ2v) is 4.26. The van der Waals surface area contributed by atoms with E-state index in [9.17, 15) is 9.59 Å². The third-order valence-corrected chi connectivity index (χ3v) is 2.92. The van der Waals surface area contributed by atoms with E-state index in [1.807, 2.05) is 6.92 Å². The number of aliphatic carboxylic acids is 1. The van der Waals surface area contributed by atoms with E-state index in [4.69, 9.17) is 5.11 Å². The molecule has 1 rings (SSSR count). The Bertz CT molecular complexity index is 356. The number of piperidine rings is 1. The van der Waals surface area contributed by atoms with Gasteiger partial charge in [0.25, 0.3) is 0 Å². The number of carbonyl (C=O) groups is 2. The molecule has 1 fully saturated rings. The third kappa shape index (κ3) is 3.66. The molecule has 94 valence electrons. The van der Waals surface area contributed by atoms with Crippen LogP contribution < -0.4 is 5.32 Å². The molecule has 2 unspecified atom stereocenters. The van der Waals surface area contributed by atoms with Gasteiger partial charge in [-0.1, -0.05) is 12.8 Å². The van der Waals surface area contributed by atoms with E-state index in [1.165, 1.54) is 4.90 Å². The zero-order valence-electron chi connectivity index (χ0n) is 10.2. The number of hydrogen-bond acceptors (Lipinski definition) is 2. The summed E-state index contributed by atoms with van der Waals surface area (Å²) in [5.74, 6) is 4.79. The van der Waals surface area contributed by atoms with E-state index in [0.29, 0.717) is 18.9 Å². The molecule has 0 aromatic rings. The molecule has 0 aliphatic carbocycles. The molecule has 0 bridgehead atoms. The van der Waals surface area contributed by atoms with Crippen molar-refractivity contribution in [1.29, 1.82) is 0 Å². The number of nitrogens with one attached hydrogen (secondary N) is 1. The number of likely N-dealkylation sites (tertiary alicyclic amines) is 1. The summed E-state index contributed by atoms with van der Waals surface area (Å²) in [5.41, 5.74) is 0. The summed E-state index contributed by atoms with van der Waals surface area (Å²) in [7, 11) is 0. The van der Waals surface area contributed by atoms with Gasteiger partial charge in [-0.2, -0.15) is 0 Å². The fraction of sp³-hybridized carbons (Fsp3) is 0.667. The molecule has 0 radical (unpaired) electrons. The van der Waals surface area contributed by atoms with Gasteiger partial charge in [-0.25, -0.2) is 9.59 Å². The van der Waals surface area contributed by atoms with Crippen LogP contribution in [0.1, 0.15) is 26.7 Å². The van der Waals surface area contributed by atoms with Crippen LogP contribution >= 0.6 is 0 Å². The van der Waals surface area contributed by atoms with Gasteiger partial charge >= 0.3 is 12.0 Å². The van der Waals surface area contributed by atoms with Crippen LogP contribution in [0.4, 0.5) is 4.79 Å². The normalized spacial score (nSPS) is 23.5. The number of rotatable bonds is 2. The summed E-state index contributed by atoms with van der Waals surface area (Å²) in [4.78, 5) is 24.3. The molecule has 2 amide bonds. The first-order chi connectivity index (χ1) is 8.06. The predicted octanol–water partition coefficient (Wildman–Crippen LogP) is 0.904. The number of hydrogen-bond donors (Lipinski definition) is 2. The van der Waals surface area contributed by atoms with Crippen molar-refractivity contribution < 1.29 is 14.7 Å². The number of carboxylic acid groups (broad SMARTS) is 1. The number of urea groups is 1. The summed E-state index contributed by atoms with van der Waals surface area (Å²) >= 11 is 0. The summed E-state index contributed by atoms with van der Waals surface area (Å²) in [6, 6.07) is -1.06. The van der Waals surface area contributed by atoms with Crippen LogP contribution in [0.25, 0.3) is 0 Å². The molecule has 5 heteroatoms. The van der Waals surface area contributed by atoms with Crippen molar-refractivity contribution in [3.63, 3.8) is 0 Å². The van der Waals surface area contributed by atoms with Gasteiger partial charge in [-0.05, 0) is 25.7 Å². The van der Waals surface area contributed by atoms with Crippen molar-refractivity contribution in [2.24, 2.45) is 5.92 Å². The molecule has 0 aromatic carbocycles. The fourth-order valence-corrected chi connectivity index (χ4v) is 1.93. The van der Waals surface area contributed by atoms with Crippen LogP contribution in [0.2, 0.25) is 0 Å². The maximum Gasteiger partial charge on any atom is 0.326 e. The second-order valence-electron chi connectivity index (χ2n) is 4.26. The summed E-state index contributed by atoms with van der Waals surface area (Å²) in [6.45, 7) is 4.44. The Balaban J connectivity index is 2.62. The monoisotopic (exact) mass is 238 g/mol. The van der Waals surface area contributed by atoms with Gasteiger partial charge in [-0.15, -0.1) is 5.92 Å². The highest BCUT2D eigenvalue weighted by molar-refractivity contribution is 5.83. The Hall–Kier alpha value is -1.70. The van der Waals surface area contributed by atoms with Crippen LogP contribution in [0, 0.1) is 17.8 Å². The smallest absolute Gasteiger partial charge is 0.326 e. The van der Waals surface area contributed by atoms with Gasteiger partial charge in [0.15, 0.2) is 0 Å². The number of carbonyl (C=O) groups excluding carboxylic acids is 1. The lowest BCUT2D eigenvalue weighted by molar-refractivity contribution is -0.143. The quantitative estimate of drug-likeness (QED) is 0.702. The van der Waals surface area contributed by atoms with Gasteiger partial charge in [-0.3, -0.25) is 0 Å². The summed E-state index contributed by atoms with van der Waals surface area (Å²) in [6.07, 6.45) is 1.36. The molecule has 1 aliphatic heterocycles. The minimum atomic E-state index is -0.937. The van der Waals surface area contributed by atoms with E-state index in [2.05, 4.69) is 17.2 Å². The zero-order chi connectivity index (χ0) is 12.8. The minimum Gasteiger partial charge on any atom is -0.480 e. The average molecular weight is 238 g/mol. The third-order valence-electron chi connectivity index (χ3n) is 2.92. The minimum absolute atomic E-state index is 0.258. The van der Waals surface area contributed by atoms with Crippen molar-refractivity contribution in [1.82, 2.24) is 10.2 Å². The highest BCUT2D eigenvalue weighted by Crippen LogP contribution is 2.22. The van der Waals surface area contributed by atoms with Crippen molar-refractivity contribution in [3.05, 3.63) is 0 Å². The Labute approximate surface area is 101 Å². The largest absolute Gasteiger partial charge is 0.480 e. The molecule has 1 heterocycles. The van der Waals surface area contributed by atoms with E-state index in [0.717, 1.165) is 6.42 Å². The number of carboxylic acids is 1. The molecule has 1 aliphatic rings. The molecule has 1 saturated heterocycles. The van der Waals surface area contributed by atoms with Crippen molar-refractivity contribution >= 4 is 12.0 Å². The lowest BCUT2D eigenvalue weighted by Gasteiger charge is -2.35. The Morgan fingerprint density at radius 2 is 2.24 bits per heavy atom. The van der Waals surface area contributed by atoms with Crippen LogP contribution in [0.15, 0.2) is 0 Å².